The molecule has 0 spiro atoms. The SMILES string of the molecule is Cc1ncsc1-c1ccc(CNC(=O)[C@@H]2C[C@@H](O)CN2C(=O)[C@@H](NC(=O)CCCCCc2ccc(OC[C@H](CCC(N)=O)NC(=O)OC(C)(C)C)cc2)C(C)(C)C)cc1. The number of nitrogens with one attached hydrogen (secondary N) is 3. The van der Waals surface area contributed by atoms with Crippen molar-refractivity contribution >= 4 is 41.1 Å². The average molecular weight is 835 g/mol. The predicted molar refractivity (Wildman–Crippen MR) is 227 cm³/mol. The van der Waals surface area contributed by atoms with Gasteiger partial charge in [0.25, 0.3) is 0 Å². The highest BCUT2D eigenvalue weighted by Crippen LogP contribution is 2.28. The molecule has 322 valence electrons. The fourth-order valence-electron chi connectivity index (χ4n) is 6.74. The lowest BCUT2D eigenvalue weighted by Gasteiger charge is -2.35. The van der Waals surface area contributed by atoms with Gasteiger partial charge in [-0.05, 0) is 87.6 Å². The number of likely N-dealkylation sites (tertiary alicyclic amines) is 1. The molecular formula is C44H62N6O8S. The van der Waals surface area contributed by atoms with E-state index in [4.69, 9.17) is 15.2 Å². The zero-order valence-corrected chi connectivity index (χ0v) is 36.3. The number of carbonyl (C=O) groups is 5. The van der Waals surface area contributed by atoms with Gasteiger partial charge >= 0.3 is 6.09 Å². The Hall–Kier alpha value is -5.02. The largest absolute Gasteiger partial charge is 0.491 e. The van der Waals surface area contributed by atoms with Gasteiger partial charge in [-0.25, -0.2) is 9.78 Å². The van der Waals surface area contributed by atoms with E-state index in [-0.39, 0.29) is 56.7 Å². The number of carbonyl (C=O) groups excluding carboxylic acids is 5. The Balaban J connectivity index is 1.21. The Labute approximate surface area is 352 Å². The van der Waals surface area contributed by atoms with Crippen LogP contribution in [-0.4, -0.2) is 87.7 Å². The summed E-state index contributed by atoms with van der Waals surface area (Å²) in [5, 5.41) is 19.2. The van der Waals surface area contributed by atoms with Gasteiger partial charge in [-0.15, -0.1) is 11.3 Å². The number of hydrogen-bond donors (Lipinski definition) is 5. The number of aliphatic hydroxyl groups is 1. The molecular weight excluding hydrogens is 773 g/mol. The zero-order valence-electron chi connectivity index (χ0n) is 35.5. The monoisotopic (exact) mass is 834 g/mol. The number of ether oxygens (including phenoxy) is 2. The number of thiazole rings is 1. The van der Waals surface area contributed by atoms with Crippen LogP contribution < -0.4 is 26.4 Å². The Morgan fingerprint density at radius 3 is 2.22 bits per heavy atom. The van der Waals surface area contributed by atoms with Gasteiger partial charge in [0.2, 0.25) is 23.6 Å². The molecule has 15 heteroatoms. The van der Waals surface area contributed by atoms with E-state index in [2.05, 4.69) is 20.9 Å². The van der Waals surface area contributed by atoms with Crippen molar-refractivity contribution in [3.8, 4) is 16.2 Å². The molecule has 59 heavy (non-hydrogen) atoms. The second-order valence-corrected chi connectivity index (χ2v) is 18.2. The van der Waals surface area contributed by atoms with Crippen LogP contribution in [0.3, 0.4) is 0 Å². The topological polar surface area (TPSA) is 202 Å². The number of benzene rings is 2. The normalized spacial score (nSPS) is 16.5. The summed E-state index contributed by atoms with van der Waals surface area (Å²) in [4.78, 5) is 71.0. The summed E-state index contributed by atoms with van der Waals surface area (Å²) in [5.74, 6) is -0.838. The third kappa shape index (κ3) is 15.3. The summed E-state index contributed by atoms with van der Waals surface area (Å²) in [7, 11) is 0. The number of hydrogen-bond acceptors (Lipinski definition) is 10. The Kier molecular flexibility index (Phi) is 16.8. The summed E-state index contributed by atoms with van der Waals surface area (Å²) in [5.41, 5.74) is 9.84. The molecule has 3 aromatic rings. The molecule has 0 aliphatic carbocycles. The highest BCUT2D eigenvalue weighted by Gasteiger charge is 2.44. The molecule has 2 heterocycles. The van der Waals surface area contributed by atoms with Gasteiger partial charge in [-0.2, -0.15) is 0 Å². The van der Waals surface area contributed by atoms with E-state index in [1.165, 1.54) is 4.90 Å². The third-order valence-electron chi connectivity index (χ3n) is 9.92. The standard InChI is InChI=1S/C44H62N6O8S/c1-28-38(59-27-47-28)31-17-13-30(14-18-31)24-46-40(54)35-23-33(51)25-50(35)41(55)39(43(2,3)4)49-37(53)12-10-8-9-11-29-15-20-34(21-16-29)57-26-32(19-22-36(45)52)48-42(56)58-44(5,6)7/h13-18,20-21,27,32-33,35,39,51H,8-12,19,22-26H2,1-7H3,(H2,45,52)(H,46,54)(H,48,56)(H,49,53)/t32-,33+,35-,39+/m0/s1. The molecule has 14 nitrogen and oxygen atoms in total. The minimum absolute atomic E-state index is 0.0121. The van der Waals surface area contributed by atoms with Gasteiger partial charge in [0.05, 0.1) is 28.2 Å². The molecule has 0 unspecified atom stereocenters. The first-order chi connectivity index (χ1) is 27.8. The molecule has 1 fully saturated rings. The quantitative estimate of drug-likeness (QED) is 0.0958. The lowest BCUT2D eigenvalue weighted by Crippen LogP contribution is -2.57. The van der Waals surface area contributed by atoms with Crippen molar-refractivity contribution in [2.45, 2.75) is 136 Å². The first-order valence-electron chi connectivity index (χ1n) is 20.3. The highest BCUT2D eigenvalue weighted by molar-refractivity contribution is 7.13. The van der Waals surface area contributed by atoms with E-state index in [1.807, 2.05) is 81.7 Å². The maximum atomic E-state index is 14.0. The van der Waals surface area contributed by atoms with Gasteiger partial charge in [0.15, 0.2) is 0 Å². The van der Waals surface area contributed by atoms with Crippen LogP contribution in [0.5, 0.6) is 5.75 Å². The minimum atomic E-state index is -0.884. The maximum Gasteiger partial charge on any atom is 0.407 e. The molecule has 1 aliphatic rings. The Bertz CT molecular complexity index is 1870. The van der Waals surface area contributed by atoms with Crippen LogP contribution >= 0.6 is 11.3 Å². The number of β-amino-alcohol motifs (C(OH)–C–C–N with tert-alkyl or cyclic N) is 1. The molecule has 0 saturated carbocycles. The van der Waals surface area contributed by atoms with E-state index >= 15 is 0 Å². The number of nitrogens with zero attached hydrogens (tertiary/aromatic N) is 2. The summed E-state index contributed by atoms with van der Waals surface area (Å²) in [6, 6.07) is 13.3. The summed E-state index contributed by atoms with van der Waals surface area (Å²) < 4.78 is 11.2. The van der Waals surface area contributed by atoms with Crippen molar-refractivity contribution in [2.75, 3.05) is 13.2 Å². The van der Waals surface area contributed by atoms with Crippen LogP contribution in [0.25, 0.3) is 10.4 Å². The number of aryl methyl sites for hydroxylation is 2. The van der Waals surface area contributed by atoms with Gasteiger partial charge in [-0.3, -0.25) is 19.2 Å². The lowest BCUT2D eigenvalue weighted by atomic mass is 9.85. The summed E-state index contributed by atoms with van der Waals surface area (Å²) in [6.07, 6.45) is 2.40. The van der Waals surface area contributed by atoms with Crippen molar-refractivity contribution < 1.29 is 38.6 Å². The minimum Gasteiger partial charge on any atom is -0.491 e. The van der Waals surface area contributed by atoms with Gasteiger partial charge in [0, 0.05) is 32.4 Å². The number of amides is 5. The molecule has 6 N–H and O–H groups in total. The van der Waals surface area contributed by atoms with Crippen molar-refractivity contribution in [3.05, 3.63) is 70.9 Å². The molecule has 0 radical (unpaired) electrons. The van der Waals surface area contributed by atoms with Crippen LogP contribution in [0.1, 0.15) is 103 Å². The van der Waals surface area contributed by atoms with E-state index in [0.717, 1.165) is 46.5 Å². The van der Waals surface area contributed by atoms with E-state index in [9.17, 15) is 29.1 Å². The number of aromatic nitrogens is 1. The number of alkyl carbamates (subject to hydrolysis) is 1. The van der Waals surface area contributed by atoms with Crippen LogP contribution in [-0.2, 0) is 36.9 Å². The zero-order chi connectivity index (χ0) is 43.3. The fourth-order valence-corrected chi connectivity index (χ4v) is 7.55. The predicted octanol–water partition coefficient (Wildman–Crippen LogP) is 5.57. The second kappa shape index (κ2) is 21.3. The highest BCUT2D eigenvalue weighted by atomic mass is 32.1. The number of primary amides is 1. The first kappa shape index (κ1) is 46.7. The van der Waals surface area contributed by atoms with Crippen molar-refractivity contribution in [2.24, 2.45) is 11.1 Å². The maximum absolute atomic E-state index is 14.0. The van der Waals surface area contributed by atoms with Gasteiger partial charge in [-0.1, -0.05) is 63.6 Å². The van der Waals surface area contributed by atoms with Crippen molar-refractivity contribution in [3.63, 3.8) is 0 Å². The van der Waals surface area contributed by atoms with E-state index in [0.29, 0.717) is 18.6 Å². The molecule has 0 bridgehead atoms. The van der Waals surface area contributed by atoms with Crippen molar-refractivity contribution in [1.29, 1.82) is 0 Å². The second-order valence-electron chi connectivity index (χ2n) is 17.3. The summed E-state index contributed by atoms with van der Waals surface area (Å²) >= 11 is 1.57. The fraction of sp³-hybridized carbons (Fsp3) is 0.545. The number of rotatable bonds is 19. The summed E-state index contributed by atoms with van der Waals surface area (Å²) in [6.45, 7) is 13.3. The van der Waals surface area contributed by atoms with Crippen LogP contribution in [0.2, 0.25) is 0 Å². The molecule has 2 aromatic carbocycles. The number of aliphatic hydroxyl groups excluding tert-OH is 1. The van der Waals surface area contributed by atoms with Crippen LogP contribution in [0.4, 0.5) is 4.79 Å². The first-order valence-corrected chi connectivity index (χ1v) is 21.2. The lowest BCUT2D eigenvalue weighted by molar-refractivity contribution is -0.144. The van der Waals surface area contributed by atoms with E-state index in [1.54, 1.807) is 32.1 Å². The molecule has 5 amide bonds. The molecule has 1 aromatic heterocycles. The van der Waals surface area contributed by atoms with Gasteiger partial charge in [0.1, 0.15) is 30.0 Å². The molecule has 1 aliphatic heterocycles. The van der Waals surface area contributed by atoms with Crippen LogP contribution in [0.15, 0.2) is 54.0 Å². The third-order valence-corrected chi connectivity index (χ3v) is 10.9. The molecule has 4 atom stereocenters. The van der Waals surface area contributed by atoms with Crippen molar-refractivity contribution in [1.82, 2.24) is 25.8 Å². The van der Waals surface area contributed by atoms with Crippen LogP contribution in [0, 0.1) is 12.3 Å². The van der Waals surface area contributed by atoms with Gasteiger partial charge < -0.3 is 41.2 Å². The smallest absolute Gasteiger partial charge is 0.407 e. The number of unbranched alkanes of at least 4 members (excludes halogenated alkanes) is 2. The molecule has 1 saturated heterocycles. The molecule has 4 rings (SSSR count). The Morgan fingerprint density at radius 2 is 1.61 bits per heavy atom. The number of nitrogens with two attached hydrogens (primary N) is 1. The van der Waals surface area contributed by atoms with E-state index < -0.39 is 47.2 Å². The Morgan fingerprint density at radius 1 is 0.932 bits per heavy atom. The average Bonchev–Trinajstić information content (AvgIpc) is 3.78.